The van der Waals surface area contributed by atoms with Gasteiger partial charge in [-0.3, -0.25) is 4.79 Å². The summed E-state index contributed by atoms with van der Waals surface area (Å²) < 4.78 is 0. The minimum absolute atomic E-state index is 0. The Hall–Kier alpha value is -1.11. The van der Waals surface area contributed by atoms with Crippen LogP contribution in [0.4, 0.5) is 5.95 Å². The number of carbonyl (C=O) groups excluding carboxylic acids is 1. The maximum absolute atomic E-state index is 12.1. The zero-order chi connectivity index (χ0) is 15.2. The normalized spacial score (nSPS) is 18.6. The molecule has 2 heterocycles. The predicted octanol–water partition coefficient (Wildman–Crippen LogP) is 1.78. The molecule has 1 amide bonds. The molecule has 1 fully saturated rings. The Kier molecular flexibility index (Phi) is 10.1. The molecule has 1 unspecified atom stereocenters. The fourth-order valence-electron chi connectivity index (χ4n) is 2.65. The lowest BCUT2D eigenvalue weighted by atomic mass is 10.0. The van der Waals surface area contributed by atoms with E-state index in [1.165, 1.54) is 0 Å². The number of nitrogens with zero attached hydrogens (tertiary/aromatic N) is 3. The molecule has 1 aromatic heterocycles. The van der Waals surface area contributed by atoms with Gasteiger partial charge in [-0.2, -0.15) is 0 Å². The molecular weight excluding hydrogens is 337 g/mol. The van der Waals surface area contributed by atoms with E-state index in [4.69, 9.17) is 5.73 Å². The smallest absolute Gasteiger partial charge is 0.237 e. The molecular formula is C15H27Cl2N5O. The minimum Gasteiger partial charge on any atom is -0.350 e. The molecule has 23 heavy (non-hydrogen) atoms. The molecule has 2 atom stereocenters. The zero-order valence-electron chi connectivity index (χ0n) is 13.6. The van der Waals surface area contributed by atoms with Gasteiger partial charge < -0.3 is 16.0 Å². The summed E-state index contributed by atoms with van der Waals surface area (Å²) in [6.45, 7) is 5.81. The quantitative estimate of drug-likeness (QED) is 0.832. The Bertz CT molecular complexity index is 460. The van der Waals surface area contributed by atoms with Gasteiger partial charge in [-0.15, -0.1) is 24.8 Å². The van der Waals surface area contributed by atoms with Crippen molar-refractivity contribution < 1.29 is 4.79 Å². The third-order valence-corrected chi connectivity index (χ3v) is 3.66. The maximum atomic E-state index is 12.1. The topological polar surface area (TPSA) is 84.1 Å². The second-order valence-corrected chi connectivity index (χ2v) is 6.08. The number of anilines is 1. The number of carbonyl (C=O) groups is 1. The van der Waals surface area contributed by atoms with Gasteiger partial charge in [-0.05, 0) is 31.2 Å². The van der Waals surface area contributed by atoms with E-state index < -0.39 is 6.04 Å². The second-order valence-electron chi connectivity index (χ2n) is 6.08. The van der Waals surface area contributed by atoms with Crippen LogP contribution in [-0.4, -0.2) is 41.0 Å². The first-order chi connectivity index (χ1) is 10.1. The number of hydrogen-bond donors (Lipinski definition) is 2. The van der Waals surface area contributed by atoms with Crippen molar-refractivity contribution >= 4 is 36.7 Å². The predicted molar refractivity (Wildman–Crippen MR) is 97.3 cm³/mol. The van der Waals surface area contributed by atoms with Gasteiger partial charge >= 0.3 is 0 Å². The number of hydrogen-bond acceptors (Lipinski definition) is 5. The summed E-state index contributed by atoms with van der Waals surface area (Å²) in [5, 5.41) is 3.06. The molecule has 0 saturated carbocycles. The molecule has 8 heteroatoms. The van der Waals surface area contributed by atoms with Gasteiger partial charge in [-0.1, -0.05) is 13.8 Å². The van der Waals surface area contributed by atoms with Crippen LogP contribution in [0.15, 0.2) is 18.5 Å². The van der Waals surface area contributed by atoms with Crippen LogP contribution >= 0.6 is 24.8 Å². The number of nitrogens with two attached hydrogens (primary N) is 1. The van der Waals surface area contributed by atoms with Crippen molar-refractivity contribution in [1.82, 2.24) is 15.3 Å². The standard InChI is InChI=1S/C15H25N5O.2ClH/c1-11(2)9-13(16)14(21)19-12-5-3-8-20(10-12)15-17-6-4-7-18-15;;/h4,6-7,11-13H,3,5,8-10,16H2,1-2H3,(H,19,21);2*1H/t12?,13-;;/m0../s1. The number of piperidine rings is 1. The molecule has 1 aliphatic rings. The van der Waals surface area contributed by atoms with Crippen molar-refractivity contribution in [2.75, 3.05) is 18.0 Å². The van der Waals surface area contributed by atoms with Gasteiger partial charge in [0.25, 0.3) is 0 Å². The Balaban J connectivity index is 0.00000242. The van der Waals surface area contributed by atoms with Crippen molar-refractivity contribution in [2.24, 2.45) is 11.7 Å². The Labute approximate surface area is 150 Å². The summed E-state index contributed by atoms with van der Waals surface area (Å²) in [5.74, 6) is 1.10. The number of halogens is 2. The molecule has 1 aromatic rings. The summed E-state index contributed by atoms with van der Waals surface area (Å²) in [6, 6.07) is 1.50. The van der Waals surface area contributed by atoms with E-state index in [0.717, 1.165) is 31.9 Å². The van der Waals surface area contributed by atoms with Gasteiger partial charge in [0.05, 0.1) is 6.04 Å². The number of rotatable bonds is 5. The molecule has 0 aromatic carbocycles. The average Bonchev–Trinajstić information content (AvgIpc) is 2.47. The van der Waals surface area contributed by atoms with Gasteiger partial charge in [0.15, 0.2) is 0 Å². The first-order valence-electron chi connectivity index (χ1n) is 7.64. The number of amides is 1. The van der Waals surface area contributed by atoms with E-state index in [-0.39, 0.29) is 36.8 Å². The largest absolute Gasteiger partial charge is 0.350 e. The van der Waals surface area contributed by atoms with Gasteiger partial charge in [-0.25, -0.2) is 9.97 Å². The SMILES string of the molecule is CC(C)C[C@H](N)C(=O)NC1CCCN(c2ncccn2)C1.Cl.Cl. The maximum Gasteiger partial charge on any atom is 0.237 e. The van der Waals surface area contributed by atoms with E-state index in [1.807, 2.05) is 0 Å². The summed E-state index contributed by atoms with van der Waals surface area (Å²) >= 11 is 0. The first-order valence-corrected chi connectivity index (χ1v) is 7.64. The van der Waals surface area contributed by atoms with Crippen molar-refractivity contribution in [3.8, 4) is 0 Å². The highest BCUT2D eigenvalue weighted by molar-refractivity contribution is 5.85. The van der Waals surface area contributed by atoms with Crippen LogP contribution in [0.25, 0.3) is 0 Å². The van der Waals surface area contributed by atoms with Crippen molar-refractivity contribution in [3.05, 3.63) is 18.5 Å². The van der Waals surface area contributed by atoms with Crippen LogP contribution in [0, 0.1) is 5.92 Å². The molecule has 0 radical (unpaired) electrons. The van der Waals surface area contributed by atoms with Crippen LogP contribution in [-0.2, 0) is 4.79 Å². The van der Waals surface area contributed by atoms with Gasteiger partial charge in [0, 0.05) is 31.5 Å². The summed E-state index contributed by atoms with van der Waals surface area (Å²) in [4.78, 5) is 22.8. The highest BCUT2D eigenvalue weighted by Gasteiger charge is 2.25. The highest BCUT2D eigenvalue weighted by Crippen LogP contribution is 2.15. The lowest BCUT2D eigenvalue weighted by Gasteiger charge is -2.33. The Morgan fingerprint density at radius 1 is 1.39 bits per heavy atom. The molecule has 3 N–H and O–H groups in total. The van der Waals surface area contributed by atoms with Gasteiger partial charge in [0.1, 0.15) is 0 Å². The van der Waals surface area contributed by atoms with Crippen LogP contribution < -0.4 is 16.0 Å². The first kappa shape index (κ1) is 21.9. The molecule has 0 spiro atoms. The molecule has 6 nitrogen and oxygen atoms in total. The fraction of sp³-hybridized carbons (Fsp3) is 0.667. The zero-order valence-corrected chi connectivity index (χ0v) is 15.3. The molecule has 1 saturated heterocycles. The van der Waals surface area contributed by atoms with E-state index in [2.05, 4.69) is 34.0 Å². The van der Waals surface area contributed by atoms with Crippen LogP contribution in [0.2, 0.25) is 0 Å². The molecule has 1 aliphatic heterocycles. The summed E-state index contributed by atoms with van der Waals surface area (Å²) in [7, 11) is 0. The Morgan fingerprint density at radius 3 is 2.65 bits per heavy atom. The van der Waals surface area contributed by atoms with Crippen LogP contribution in [0.3, 0.4) is 0 Å². The molecule has 0 aliphatic carbocycles. The third-order valence-electron chi connectivity index (χ3n) is 3.66. The summed E-state index contributed by atoms with van der Waals surface area (Å²) in [6.07, 6.45) is 6.18. The van der Waals surface area contributed by atoms with Crippen molar-refractivity contribution in [2.45, 2.75) is 45.2 Å². The monoisotopic (exact) mass is 363 g/mol. The van der Waals surface area contributed by atoms with E-state index in [0.29, 0.717) is 12.3 Å². The van der Waals surface area contributed by atoms with E-state index in [1.54, 1.807) is 18.5 Å². The average molecular weight is 364 g/mol. The highest BCUT2D eigenvalue weighted by atomic mass is 35.5. The summed E-state index contributed by atoms with van der Waals surface area (Å²) in [5.41, 5.74) is 5.93. The van der Waals surface area contributed by atoms with Crippen LogP contribution in [0.1, 0.15) is 33.1 Å². The number of aromatic nitrogens is 2. The Morgan fingerprint density at radius 2 is 2.04 bits per heavy atom. The van der Waals surface area contributed by atoms with Crippen LogP contribution in [0.5, 0.6) is 0 Å². The van der Waals surface area contributed by atoms with Crippen molar-refractivity contribution in [3.63, 3.8) is 0 Å². The third kappa shape index (κ3) is 6.89. The minimum atomic E-state index is -0.423. The fourth-order valence-corrected chi connectivity index (χ4v) is 2.65. The van der Waals surface area contributed by atoms with E-state index in [9.17, 15) is 4.79 Å². The van der Waals surface area contributed by atoms with E-state index >= 15 is 0 Å². The lowest BCUT2D eigenvalue weighted by Crippen LogP contribution is -2.52. The number of nitrogens with one attached hydrogen (secondary N) is 1. The second kappa shape index (κ2) is 10.6. The van der Waals surface area contributed by atoms with Gasteiger partial charge in [0.2, 0.25) is 11.9 Å². The lowest BCUT2D eigenvalue weighted by molar-refractivity contribution is -0.123. The molecule has 0 bridgehead atoms. The molecule has 132 valence electrons. The van der Waals surface area contributed by atoms with Crippen molar-refractivity contribution in [1.29, 1.82) is 0 Å². The molecule has 2 rings (SSSR count).